The number of aliphatic hydroxyl groups is 1. The molecule has 0 spiro atoms. The maximum atomic E-state index is 9.55. The summed E-state index contributed by atoms with van der Waals surface area (Å²) in [5.74, 6) is 0. The van der Waals surface area contributed by atoms with Crippen molar-refractivity contribution in [1.29, 1.82) is 0 Å². The van der Waals surface area contributed by atoms with Crippen LogP contribution in [0.5, 0.6) is 0 Å². The molecule has 0 unspecified atom stereocenters. The Hall–Kier alpha value is -1.13. The lowest BCUT2D eigenvalue weighted by atomic mass is 9.91. The Kier molecular flexibility index (Phi) is 4.53. The number of pyridine rings is 1. The topological polar surface area (TPSA) is 48.4 Å². The van der Waals surface area contributed by atoms with E-state index in [1.807, 2.05) is 12.4 Å². The van der Waals surface area contributed by atoms with E-state index >= 15 is 0 Å². The predicted molar refractivity (Wildman–Crippen MR) is 80.9 cm³/mol. The molecule has 110 valence electrons. The Bertz CT molecular complexity index is 395. The predicted octanol–water partition coefficient (Wildman–Crippen LogP) is 1.94. The summed E-state index contributed by atoms with van der Waals surface area (Å²) in [5, 5.41) is 13.4. The molecule has 0 aromatic carbocycles. The molecule has 1 saturated heterocycles. The van der Waals surface area contributed by atoms with Crippen LogP contribution in [0.25, 0.3) is 0 Å². The number of nitrogens with one attached hydrogen (secondary N) is 1. The number of piperidine rings is 1. The zero-order valence-corrected chi connectivity index (χ0v) is 12.0. The molecule has 4 heteroatoms. The molecular formula is C16H25N3O. The van der Waals surface area contributed by atoms with Crippen molar-refractivity contribution in [2.24, 2.45) is 0 Å². The minimum atomic E-state index is -0.0541. The number of anilines is 1. The van der Waals surface area contributed by atoms with Crippen molar-refractivity contribution >= 4 is 5.69 Å². The highest BCUT2D eigenvalue weighted by atomic mass is 16.3. The third kappa shape index (κ3) is 3.49. The molecular weight excluding hydrogens is 250 g/mol. The third-order valence-corrected chi connectivity index (χ3v) is 4.69. The molecule has 2 fully saturated rings. The quantitative estimate of drug-likeness (QED) is 0.885. The molecule has 1 saturated carbocycles. The van der Waals surface area contributed by atoms with Crippen molar-refractivity contribution in [3.8, 4) is 0 Å². The summed E-state index contributed by atoms with van der Waals surface area (Å²) in [6.07, 6.45) is 10.3. The average molecular weight is 275 g/mol. The second-order valence-electron chi connectivity index (χ2n) is 6.14. The van der Waals surface area contributed by atoms with Gasteiger partial charge in [0.2, 0.25) is 0 Å². The highest BCUT2D eigenvalue weighted by Crippen LogP contribution is 2.22. The van der Waals surface area contributed by atoms with Crippen LogP contribution in [-0.2, 0) is 0 Å². The zero-order valence-electron chi connectivity index (χ0n) is 12.0. The van der Waals surface area contributed by atoms with Crippen molar-refractivity contribution in [1.82, 2.24) is 10.3 Å². The molecule has 2 aliphatic rings. The van der Waals surface area contributed by atoms with E-state index in [0.29, 0.717) is 12.1 Å². The molecule has 0 amide bonds. The SMILES string of the molecule is OC1CCC(NC2CCN(c3ccncc3)CC2)CC1. The van der Waals surface area contributed by atoms with Crippen LogP contribution in [-0.4, -0.2) is 41.4 Å². The molecule has 2 heterocycles. The summed E-state index contributed by atoms with van der Waals surface area (Å²) in [6, 6.07) is 5.45. The van der Waals surface area contributed by atoms with Crippen LogP contribution in [0.1, 0.15) is 38.5 Å². The highest BCUT2D eigenvalue weighted by molar-refractivity contribution is 5.44. The molecule has 1 aromatic rings. The molecule has 0 atom stereocenters. The zero-order chi connectivity index (χ0) is 13.8. The molecule has 0 bridgehead atoms. The van der Waals surface area contributed by atoms with E-state index in [0.717, 1.165) is 38.8 Å². The summed E-state index contributed by atoms with van der Waals surface area (Å²) in [4.78, 5) is 6.53. The van der Waals surface area contributed by atoms with Gasteiger partial charge in [-0.05, 0) is 50.7 Å². The van der Waals surface area contributed by atoms with Gasteiger partial charge in [0.05, 0.1) is 6.10 Å². The molecule has 1 aliphatic carbocycles. The first-order chi connectivity index (χ1) is 9.81. The maximum absolute atomic E-state index is 9.55. The van der Waals surface area contributed by atoms with E-state index in [-0.39, 0.29) is 6.10 Å². The van der Waals surface area contributed by atoms with Crippen LogP contribution in [0.15, 0.2) is 24.5 Å². The number of hydrogen-bond acceptors (Lipinski definition) is 4. The average Bonchev–Trinajstić information content (AvgIpc) is 2.51. The van der Waals surface area contributed by atoms with Gasteiger partial charge < -0.3 is 15.3 Å². The van der Waals surface area contributed by atoms with Crippen molar-refractivity contribution in [3.05, 3.63) is 24.5 Å². The van der Waals surface area contributed by atoms with Gasteiger partial charge in [0.15, 0.2) is 0 Å². The minimum Gasteiger partial charge on any atom is -0.393 e. The lowest BCUT2D eigenvalue weighted by molar-refractivity contribution is 0.113. The molecule has 3 rings (SSSR count). The van der Waals surface area contributed by atoms with Crippen molar-refractivity contribution in [2.75, 3.05) is 18.0 Å². The van der Waals surface area contributed by atoms with Crippen molar-refractivity contribution < 1.29 is 5.11 Å². The van der Waals surface area contributed by atoms with Gasteiger partial charge in [0.25, 0.3) is 0 Å². The molecule has 0 radical (unpaired) electrons. The fraction of sp³-hybridized carbons (Fsp3) is 0.688. The number of aliphatic hydroxyl groups excluding tert-OH is 1. The van der Waals surface area contributed by atoms with Gasteiger partial charge >= 0.3 is 0 Å². The largest absolute Gasteiger partial charge is 0.393 e. The molecule has 2 N–H and O–H groups in total. The van der Waals surface area contributed by atoms with Gasteiger partial charge in [0, 0.05) is 43.3 Å². The standard InChI is InChI=1S/C16H25N3O/c20-16-3-1-13(2-4-16)18-14-7-11-19(12-8-14)15-5-9-17-10-6-15/h5-6,9-10,13-14,16,18,20H,1-4,7-8,11-12H2. The fourth-order valence-electron chi connectivity index (χ4n) is 3.44. The third-order valence-electron chi connectivity index (χ3n) is 4.69. The van der Waals surface area contributed by atoms with Gasteiger partial charge in [-0.2, -0.15) is 0 Å². The van der Waals surface area contributed by atoms with E-state index < -0.39 is 0 Å². The first-order valence-corrected chi connectivity index (χ1v) is 7.90. The van der Waals surface area contributed by atoms with Crippen molar-refractivity contribution in [2.45, 2.75) is 56.7 Å². The van der Waals surface area contributed by atoms with Crippen LogP contribution < -0.4 is 10.2 Å². The second kappa shape index (κ2) is 6.55. The molecule has 1 aromatic heterocycles. The maximum Gasteiger partial charge on any atom is 0.0541 e. The lowest BCUT2D eigenvalue weighted by Gasteiger charge is -2.37. The summed E-state index contributed by atoms with van der Waals surface area (Å²) in [7, 11) is 0. The van der Waals surface area contributed by atoms with Crippen LogP contribution in [0.4, 0.5) is 5.69 Å². The Morgan fingerprint density at radius 1 is 0.950 bits per heavy atom. The van der Waals surface area contributed by atoms with Gasteiger partial charge in [0.1, 0.15) is 0 Å². The molecule has 20 heavy (non-hydrogen) atoms. The number of hydrogen-bond donors (Lipinski definition) is 2. The Balaban J connectivity index is 1.44. The molecule has 1 aliphatic heterocycles. The summed E-state index contributed by atoms with van der Waals surface area (Å²) in [5.41, 5.74) is 1.29. The minimum absolute atomic E-state index is 0.0541. The normalized spacial score (nSPS) is 28.6. The van der Waals surface area contributed by atoms with E-state index in [1.54, 1.807) is 0 Å². The van der Waals surface area contributed by atoms with Gasteiger partial charge in [-0.1, -0.05) is 0 Å². The van der Waals surface area contributed by atoms with E-state index in [2.05, 4.69) is 27.3 Å². The Morgan fingerprint density at radius 3 is 2.20 bits per heavy atom. The van der Waals surface area contributed by atoms with Crippen LogP contribution in [0, 0.1) is 0 Å². The summed E-state index contributed by atoms with van der Waals surface area (Å²) < 4.78 is 0. The monoisotopic (exact) mass is 275 g/mol. The van der Waals surface area contributed by atoms with E-state index in [1.165, 1.54) is 18.5 Å². The summed E-state index contributed by atoms with van der Waals surface area (Å²) in [6.45, 7) is 2.24. The number of aromatic nitrogens is 1. The van der Waals surface area contributed by atoms with Gasteiger partial charge in [-0.15, -0.1) is 0 Å². The first kappa shape index (κ1) is 13.8. The first-order valence-electron chi connectivity index (χ1n) is 7.90. The van der Waals surface area contributed by atoms with E-state index in [4.69, 9.17) is 0 Å². The lowest BCUT2D eigenvalue weighted by Crippen LogP contribution is -2.47. The van der Waals surface area contributed by atoms with Gasteiger partial charge in [-0.25, -0.2) is 0 Å². The van der Waals surface area contributed by atoms with Crippen LogP contribution >= 0.6 is 0 Å². The number of rotatable bonds is 3. The summed E-state index contributed by atoms with van der Waals surface area (Å²) >= 11 is 0. The van der Waals surface area contributed by atoms with E-state index in [9.17, 15) is 5.11 Å². The fourth-order valence-corrected chi connectivity index (χ4v) is 3.44. The van der Waals surface area contributed by atoms with Gasteiger partial charge in [-0.3, -0.25) is 4.98 Å². The Morgan fingerprint density at radius 2 is 1.55 bits per heavy atom. The highest BCUT2D eigenvalue weighted by Gasteiger charge is 2.24. The van der Waals surface area contributed by atoms with Crippen LogP contribution in [0.3, 0.4) is 0 Å². The molecule has 4 nitrogen and oxygen atoms in total. The van der Waals surface area contributed by atoms with Crippen LogP contribution in [0.2, 0.25) is 0 Å². The smallest absolute Gasteiger partial charge is 0.0541 e. The number of nitrogens with zero attached hydrogens (tertiary/aromatic N) is 2. The Labute approximate surface area is 121 Å². The second-order valence-corrected chi connectivity index (χ2v) is 6.14. The van der Waals surface area contributed by atoms with Crippen molar-refractivity contribution in [3.63, 3.8) is 0 Å².